The van der Waals surface area contributed by atoms with Gasteiger partial charge < -0.3 is 18.8 Å². The van der Waals surface area contributed by atoms with Crippen LogP contribution in [0, 0.1) is 6.92 Å². The smallest absolute Gasteiger partial charge is 0.480 e. The summed E-state index contributed by atoms with van der Waals surface area (Å²) in [4.78, 5) is 53.4. The largest absolute Gasteiger partial charge is 0.573 e. The highest BCUT2D eigenvalue weighted by atomic mass is 35.5. The van der Waals surface area contributed by atoms with E-state index in [-0.39, 0.29) is 45.3 Å². The number of alkyl halides is 3. The number of amides is 1. The Labute approximate surface area is 236 Å². The minimum Gasteiger partial charge on any atom is -0.480 e. The zero-order chi connectivity index (χ0) is 30.2. The van der Waals surface area contributed by atoms with Gasteiger partial charge in [0.25, 0.3) is 11.5 Å². The molecule has 0 spiro atoms. The van der Waals surface area contributed by atoms with E-state index in [2.05, 4.69) is 15.0 Å². The number of furan rings is 1. The van der Waals surface area contributed by atoms with Gasteiger partial charge in [-0.1, -0.05) is 11.6 Å². The van der Waals surface area contributed by atoms with E-state index in [9.17, 15) is 32.3 Å². The Morgan fingerprint density at radius 2 is 1.93 bits per heavy atom. The first kappa shape index (κ1) is 29.8. The molecule has 2 N–H and O–H groups in total. The number of carboxylic acid groups (broad SMARTS) is 1. The van der Waals surface area contributed by atoms with E-state index in [1.807, 2.05) is 0 Å². The summed E-state index contributed by atoms with van der Waals surface area (Å²) < 4.78 is 50.9. The fourth-order valence-corrected chi connectivity index (χ4v) is 5.18. The molecule has 3 heterocycles. The van der Waals surface area contributed by atoms with Crippen molar-refractivity contribution in [3.05, 3.63) is 65.6 Å². The second kappa shape index (κ2) is 11.4. The molecule has 12 nitrogen and oxygen atoms in total. The van der Waals surface area contributed by atoms with Crippen LogP contribution in [0.5, 0.6) is 5.75 Å². The lowest BCUT2D eigenvalue weighted by atomic mass is 10.1. The van der Waals surface area contributed by atoms with Gasteiger partial charge in [-0.25, -0.2) is 4.79 Å². The summed E-state index contributed by atoms with van der Waals surface area (Å²) in [5.74, 6) is -2.19. The molecule has 1 amide bonds. The summed E-state index contributed by atoms with van der Waals surface area (Å²) >= 11 is 7.01. The zero-order valence-electron chi connectivity index (χ0n) is 21.5. The highest BCUT2D eigenvalue weighted by molar-refractivity contribution is 7.07. The SMILES string of the molecule is Cc1oc2c(c1CC(=O)N=c1scc(-c3ccc(OC(F)(F)F)c(Cl)c3)n1CNCC(=O)O)c(=O)n(C)c(=O)n2C. The van der Waals surface area contributed by atoms with Crippen molar-refractivity contribution >= 4 is 45.9 Å². The highest BCUT2D eigenvalue weighted by Gasteiger charge is 2.32. The van der Waals surface area contributed by atoms with Gasteiger partial charge in [-0.3, -0.25) is 28.8 Å². The first-order chi connectivity index (χ1) is 19.2. The van der Waals surface area contributed by atoms with E-state index in [0.29, 0.717) is 11.3 Å². The third-order valence-corrected chi connectivity index (χ3v) is 7.09. The molecule has 0 aliphatic carbocycles. The zero-order valence-corrected chi connectivity index (χ0v) is 23.1. The van der Waals surface area contributed by atoms with Gasteiger partial charge in [-0.2, -0.15) is 4.99 Å². The predicted octanol–water partition coefficient (Wildman–Crippen LogP) is 2.52. The maximum atomic E-state index is 13.1. The second-order valence-electron chi connectivity index (χ2n) is 8.71. The van der Waals surface area contributed by atoms with Crippen LogP contribution in [0.15, 0.2) is 42.6 Å². The summed E-state index contributed by atoms with van der Waals surface area (Å²) in [6.07, 6.45) is -5.30. The quantitative estimate of drug-likeness (QED) is 0.307. The fourth-order valence-electron chi connectivity index (χ4n) is 4.04. The van der Waals surface area contributed by atoms with Crippen molar-refractivity contribution in [2.24, 2.45) is 19.1 Å². The minimum absolute atomic E-state index is 0.0135. The van der Waals surface area contributed by atoms with Gasteiger partial charge in [0.1, 0.15) is 16.9 Å². The van der Waals surface area contributed by atoms with Gasteiger partial charge in [0, 0.05) is 30.6 Å². The van der Waals surface area contributed by atoms with Crippen LogP contribution in [0.1, 0.15) is 11.3 Å². The average Bonchev–Trinajstić information content (AvgIpc) is 3.42. The molecule has 0 aliphatic heterocycles. The van der Waals surface area contributed by atoms with E-state index in [1.165, 1.54) is 30.8 Å². The average molecular weight is 616 g/mol. The number of thiazole rings is 1. The molecule has 0 fully saturated rings. The lowest BCUT2D eigenvalue weighted by molar-refractivity contribution is -0.274. The third-order valence-electron chi connectivity index (χ3n) is 5.93. The molecule has 0 radical (unpaired) electrons. The molecule has 0 aliphatic rings. The lowest BCUT2D eigenvalue weighted by Gasteiger charge is -2.13. The Kier molecular flexibility index (Phi) is 8.28. The Morgan fingerprint density at radius 1 is 1.22 bits per heavy atom. The van der Waals surface area contributed by atoms with Crippen LogP contribution in [0.25, 0.3) is 22.4 Å². The standard InChI is InChI=1S/C24H21ClF3N5O7S/c1-11-13(19-20(37)31(2)23(38)32(3)21(19)39-11)7-17(34)30-22-33(10-29-8-18(35)36)15(9-41-22)12-4-5-16(14(25)6-12)40-24(26,27)28/h4-6,9,29H,7-8,10H2,1-3H3,(H,35,36). The molecule has 41 heavy (non-hydrogen) atoms. The lowest BCUT2D eigenvalue weighted by Crippen LogP contribution is -2.36. The van der Waals surface area contributed by atoms with Gasteiger partial charge in [-0.15, -0.1) is 24.5 Å². The number of aliphatic carboxylic acids is 1. The molecule has 0 unspecified atom stereocenters. The Bertz CT molecular complexity index is 1870. The third kappa shape index (κ3) is 6.28. The number of hydrogen-bond donors (Lipinski definition) is 2. The first-order valence-corrected chi connectivity index (χ1v) is 12.9. The number of carboxylic acids is 1. The molecule has 4 aromatic rings. The maximum absolute atomic E-state index is 13.1. The van der Waals surface area contributed by atoms with E-state index in [1.54, 1.807) is 12.3 Å². The number of aryl methyl sites for hydroxylation is 2. The summed E-state index contributed by atoms with van der Waals surface area (Å²) in [6, 6.07) is 3.57. The van der Waals surface area contributed by atoms with Crippen LogP contribution in [-0.2, 0) is 36.8 Å². The van der Waals surface area contributed by atoms with Crippen LogP contribution in [0.2, 0.25) is 5.02 Å². The second-order valence-corrected chi connectivity index (χ2v) is 9.95. The minimum atomic E-state index is -4.95. The molecule has 218 valence electrons. The van der Waals surface area contributed by atoms with Crippen molar-refractivity contribution in [3.8, 4) is 17.0 Å². The van der Waals surface area contributed by atoms with E-state index in [0.717, 1.165) is 26.5 Å². The maximum Gasteiger partial charge on any atom is 0.573 e. The predicted molar refractivity (Wildman–Crippen MR) is 141 cm³/mol. The van der Waals surface area contributed by atoms with Crippen molar-refractivity contribution in [2.45, 2.75) is 26.4 Å². The molecule has 0 saturated carbocycles. The first-order valence-electron chi connectivity index (χ1n) is 11.6. The topological polar surface area (TPSA) is 150 Å². The molecular formula is C24H21ClF3N5O7S. The van der Waals surface area contributed by atoms with Gasteiger partial charge in [0.05, 0.1) is 30.4 Å². The van der Waals surface area contributed by atoms with Gasteiger partial charge in [-0.05, 0) is 25.1 Å². The van der Waals surface area contributed by atoms with Gasteiger partial charge >= 0.3 is 18.0 Å². The number of nitrogens with zero attached hydrogens (tertiary/aromatic N) is 4. The summed E-state index contributed by atoms with van der Waals surface area (Å²) in [5, 5.41) is 13.0. The van der Waals surface area contributed by atoms with Crippen LogP contribution < -0.4 is 26.1 Å². The van der Waals surface area contributed by atoms with Crippen molar-refractivity contribution in [2.75, 3.05) is 6.54 Å². The number of ether oxygens (including phenoxy) is 1. The number of halogens is 4. The molecule has 17 heteroatoms. The summed E-state index contributed by atoms with van der Waals surface area (Å²) in [7, 11) is 2.73. The van der Waals surface area contributed by atoms with Crippen LogP contribution in [0.4, 0.5) is 13.2 Å². The number of benzene rings is 1. The fraction of sp³-hybridized carbons (Fsp3) is 0.292. The van der Waals surface area contributed by atoms with Crippen LogP contribution in [0.3, 0.4) is 0 Å². The number of fused-ring (bicyclic) bond motifs is 1. The molecular weight excluding hydrogens is 595 g/mol. The van der Waals surface area contributed by atoms with Crippen LogP contribution in [-0.4, -0.2) is 43.6 Å². The highest BCUT2D eigenvalue weighted by Crippen LogP contribution is 2.34. The molecule has 3 aromatic heterocycles. The number of carbonyl (C=O) groups is 2. The molecule has 1 aromatic carbocycles. The van der Waals surface area contributed by atoms with Crippen molar-refractivity contribution < 1.29 is 37.0 Å². The van der Waals surface area contributed by atoms with Gasteiger partial charge in [0.15, 0.2) is 4.80 Å². The number of aromatic nitrogens is 3. The molecule has 0 saturated heterocycles. The van der Waals surface area contributed by atoms with E-state index >= 15 is 0 Å². The van der Waals surface area contributed by atoms with Gasteiger partial charge in [0.2, 0.25) is 5.71 Å². The van der Waals surface area contributed by atoms with Crippen molar-refractivity contribution in [3.63, 3.8) is 0 Å². The molecule has 0 bridgehead atoms. The Hall–Kier alpha value is -4.15. The Morgan fingerprint density at radius 3 is 2.56 bits per heavy atom. The van der Waals surface area contributed by atoms with Crippen molar-refractivity contribution in [1.29, 1.82) is 0 Å². The number of hydrogen-bond acceptors (Lipinski definition) is 8. The van der Waals surface area contributed by atoms with E-state index < -0.39 is 41.8 Å². The van der Waals surface area contributed by atoms with Crippen LogP contribution >= 0.6 is 22.9 Å². The van der Waals surface area contributed by atoms with Crippen molar-refractivity contribution in [1.82, 2.24) is 19.0 Å². The Balaban J connectivity index is 1.75. The number of rotatable bonds is 8. The molecule has 0 atom stereocenters. The molecule has 4 rings (SSSR count). The monoisotopic (exact) mass is 615 g/mol. The summed E-state index contributed by atoms with van der Waals surface area (Å²) in [5.41, 5.74) is -0.257. The number of carbonyl (C=O) groups excluding carboxylic acids is 1. The summed E-state index contributed by atoms with van der Waals surface area (Å²) in [6.45, 7) is 0.977. The normalized spacial score (nSPS) is 12.3. The van der Waals surface area contributed by atoms with E-state index in [4.69, 9.17) is 21.1 Å². The number of nitrogens with one attached hydrogen (secondary N) is 1.